The summed E-state index contributed by atoms with van der Waals surface area (Å²) < 4.78 is 26.5. The second-order valence-corrected chi connectivity index (χ2v) is 5.07. The van der Waals surface area contributed by atoms with E-state index in [9.17, 15) is 13.6 Å². The Labute approximate surface area is 105 Å². The molecule has 0 bridgehead atoms. The number of carbonyl (C=O) groups is 1. The van der Waals surface area contributed by atoms with Crippen LogP contribution in [-0.4, -0.2) is 17.0 Å². The SMILES string of the molecule is O=C(O)CC1(c2ccccc2)CCC(F)(F)CC1. The molecule has 1 aliphatic rings. The molecule has 0 heterocycles. The van der Waals surface area contributed by atoms with Gasteiger partial charge in [-0.25, -0.2) is 8.78 Å². The number of halogens is 2. The highest BCUT2D eigenvalue weighted by Gasteiger charge is 2.45. The van der Waals surface area contributed by atoms with Gasteiger partial charge in [-0.1, -0.05) is 30.3 Å². The second kappa shape index (κ2) is 4.67. The van der Waals surface area contributed by atoms with Gasteiger partial charge in [-0.15, -0.1) is 0 Å². The Kier molecular flexibility index (Phi) is 3.37. The minimum absolute atomic E-state index is 0.0763. The number of carboxylic acids is 1. The first-order chi connectivity index (χ1) is 8.44. The van der Waals surface area contributed by atoms with Crippen molar-refractivity contribution in [1.29, 1.82) is 0 Å². The maximum Gasteiger partial charge on any atom is 0.304 e. The van der Waals surface area contributed by atoms with E-state index >= 15 is 0 Å². The Bertz CT molecular complexity index is 419. The molecule has 4 heteroatoms. The molecule has 1 aliphatic carbocycles. The van der Waals surface area contributed by atoms with Gasteiger partial charge in [0.15, 0.2) is 0 Å². The van der Waals surface area contributed by atoms with Crippen LogP contribution in [0, 0.1) is 0 Å². The monoisotopic (exact) mass is 254 g/mol. The van der Waals surface area contributed by atoms with E-state index in [2.05, 4.69) is 0 Å². The molecule has 2 nitrogen and oxygen atoms in total. The molecule has 98 valence electrons. The minimum atomic E-state index is -2.64. The summed E-state index contributed by atoms with van der Waals surface area (Å²) in [6.45, 7) is 0. The van der Waals surface area contributed by atoms with Crippen LogP contribution in [0.4, 0.5) is 8.78 Å². The van der Waals surface area contributed by atoms with Crippen LogP contribution < -0.4 is 0 Å². The van der Waals surface area contributed by atoms with E-state index in [4.69, 9.17) is 5.11 Å². The van der Waals surface area contributed by atoms with Gasteiger partial charge in [-0.2, -0.15) is 0 Å². The van der Waals surface area contributed by atoms with E-state index in [1.54, 1.807) is 0 Å². The van der Waals surface area contributed by atoms with E-state index in [-0.39, 0.29) is 32.1 Å². The highest BCUT2D eigenvalue weighted by atomic mass is 19.3. The van der Waals surface area contributed by atoms with Crippen LogP contribution >= 0.6 is 0 Å². The molecule has 0 aliphatic heterocycles. The summed E-state index contributed by atoms with van der Waals surface area (Å²) in [5.74, 6) is -3.57. The molecule has 1 saturated carbocycles. The molecule has 18 heavy (non-hydrogen) atoms. The topological polar surface area (TPSA) is 37.3 Å². The van der Waals surface area contributed by atoms with Crippen molar-refractivity contribution < 1.29 is 18.7 Å². The van der Waals surface area contributed by atoms with Crippen molar-refractivity contribution in [3.63, 3.8) is 0 Å². The molecule has 2 rings (SSSR count). The van der Waals surface area contributed by atoms with E-state index in [0.717, 1.165) is 5.56 Å². The maximum atomic E-state index is 13.3. The molecular formula is C14H16F2O2. The fourth-order valence-electron chi connectivity index (χ4n) is 2.74. The molecule has 0 amide bonds. The lowest BCUT2D eigenvalue weighted by molar-refractivity contribution is -0.140. The Hall–Kier alpha value is -1.45. The third kappa shape index (κ3) is 2.68. The molecule has 0 radical (unpaired) electrons. The zero-order chi connectivity index (χ0) is 13.2. The Morgan fingerprint density at radius 3 is 2.17 bits per heavy atom. The van der Waals surface area contributed by atoms with Crippen molar-refractivity contribution in [3.8, 4) is 0 Å². The van der Waals surface area contributed by atoms with Crippen LogP contribution in [0.1, 0.15) is 37.7 Å². The van der Waals surface area contributed by atoms with Crippen molar-refractivity contribution in [1.82, 2.24) is 0 Å². The first kappa shape index (κ1) is 13.0. The third-order valence-electron chi connectivity index (χ3n) is 3.81. The number of rotatable bonds is 3. The lowest BCUT2D eigenvalue weighted by Gasteiger charge is -2.39. The summed E-state index contributed by atoms with van der Waals surface area (Å²) in [6, 6.07) is 9.17. The highest BCUT2D eigenvalue weighted by Crippen LogP contribution is 2.47. The zero-order valence-electron chi connectivity index (χ0n) is 10.0. The maximum absolute atomic E-state index is 13.3. The molecule has 1 aromatic rings. The summed E-state index contributed by atoms with van der Waals surface area (Å²) in [5.41, 5.74) is 0.234. The van der Waals surface area contributed by atoms with Crippen molar-refractivity contribution in [2.75, 3.05) is 0 Å². The van der Waals surface area contributed by atoms with Gasteiger partial charge in [-0.05, 0) is 18.4 Å². The van der Waals surface area contributed by atoms with Gasteiger partial charge in [0.1, 0.15) is 0 Å². The lowest BCUT2D eigenvalue weighted by atomic mass is 9.66. The molecule has 1 N–H and O–H groups in total. The molecule has 0 saturated heterocycles. The molecule has 0 atom stereocenters. The Morgan fingerprint density at radius 1 is 1.11 bits per heavy atom. The number of benzene rings is 1. The molecular weight excluding hydrogens is 238 g/mol. The number of hydrogen-bond acceptors (Lipinski definition) is 1. The van der Waals surface area contributed by atoms with Crippen molar-refractivity contribution in [2.45, 2.75) is 43.4 Å². The molecule has 0 aromatic heterocycles. The first-order valence-electron chi connectivity index (χ1n) is 6.09. The predicted octanol–water partition coefficient (Wildman–Crippen LogP) is 3.61. The second-order valence-electron chi connectivity index (χ2n) is 5.07. The summed E-state index contributed by atoms with van der Waals surface area (Å²) in [7, 11) is 0. The van der Waals surface area contributed by atoms with Gasteiger partial charge in [-0.3, -0.25) is 4.79 Å². The molecule has 1 aromatic carbocycles. The van der Waals surface area contributed by atoms with Gasteiger partial charge >= 0.3 is 5.97 Å². The normalized spacial score (nSPS) is 21.4. The van der Waals surface area contributed by atoms with Crippen LogP contribution in [0.2, 0.25) is 0 Å². The van der Waals surface area contributed by atoms with Crippen molar-refractivity contribution in [2.24, 2.45) is 0 Å². The van der Waals surface area contributed by atoms with Gasteiger partial charge in [0.2, 0.25) is 5.92 Å². The van der Waals surface area contributed by atoms with Crippen LogP contribution in [0.3, 0.4) is 0 Å². The molecule has 1 fully saturated rings. The fraction of sp³-hybridized carbons (Fsp3) is 0.500. The largest absolute Gasteiger partial charge is 0.481 e. The van der Waals surface area contributed by atoms with Crippen LogP contribution in [0.25, 0.3) is 0 Å². The summed E-state index contributed by atoms with van der Waals surface area (Å²) >= 11 is 0. The number of aliphatic carboxylic acids is 1. The van der Waals surface area contributed by atoms with E-state index in [1.165, 1.54) is 0 Å². The first-order valence-corrected chi connectivity index (χ1v) is 6.09. The summed E-state index contributed by atoms with van der Waals surface area (Å²) in [5, 5.41) is 9.03. The zero-order valence-corrected chi connectivity index (χ0v) is 10.0. The highest BCUT2D eigenvalue weighted by molar-refractivity contribution is 5.69. The third-order valence-corrected chi connectivity index (χ3v) is 3.81. The van der Waals surface area contributed by atoms with Crippen molar-refractivity contribution >= 4 is 5.97 Å². The standard InChI is InChI=1S/C14H16F2O2/c15-14(16)8-6-13(7-9-14,10-12(17)18)11-4-2-1-3-5-11/h1-5H,6-10H2,(H,17,18). The Morgan fingerprint density at radius 2 is 1.67 bits per heavy atom. The summed E-state index contributed by atoms with van der Waals surface area (Å²) in [4.78, 5) is 11.0. The van der Waals surface area contributed by atoms with E-state index < -0.39 is 17.3 Å². The van der Waals surface area contributed by atoms with Crippen LogP contribution in [-0.2, 0) is 10.2 Å². The van der Waals surface area contributed by atoms with Gasteiger partial charge < -0.3 is 5.11 Å². The average Bonchev–Trinajstić information content (AvgIpc) is 2.33. The number of carboxylic acid groups (broad SMARTS) is 1. The van der Waals surface area contributed by atoms with E-state index in [0.29, 0.717) is 0 Å². The van der Waals surface area contributed by atoms with E-state index in [1.807, 2.05) is 30.3 Å². The Balaban J connectivity index is 2.28. The lowest BCUT2D eigenvalue weighted by Crippen LogP contribution is -2.38. The quantitative estimate of drug-likeness (QED) is 0.894. The number of hydrogen-bond donors (Lipinski definition) is 1. The van der Waals surface area contributed by atoms with Crippen molar-refractivity contribution in [3.05, 3.63) is 35.9 Å². The molecule has 0 unspecified atom stereocenters. The minimum Gasteiger partial charge on any atom is -0.481 e. The summed E-state index contributed by atoms with van der Waals surface area (Å²) in [6.07, 6.45) is -0.0654. The fourth-order valence-corrected chi connectivity index (χ4v) is 2.74. The van der Waals surface area contributed by atoms with Gasteiger partial charge in [0, 0.05) is 18.3 Å². The van der Waals surface area contributed by atoms with Gasteiger partial charge in [0.25, 0.3) is 0 Å². The van der Waals surface area contributed by atoms with Crippen LogP contribution in [0.15, 0.2) is 30.3 Å². The molecule has 0 spiro atoms. The predicted molar refractivity (Wildman–Crippen MR) is 63.8 cm³/mol. The van der Waals surface area contributed by atoms with Gasteiger partial charge in [0.05, 0.1) is 6.42 Å². The van der Waals surface area contributed by atoms with Crippen LogP contribution in [0.5, 0.6) is 0 Å². The smallest absolute Gasteiger partial charge is 0.304 e. The average molecular weight is 254 g/mol. The number of alkyl halides is 2.